The van der Waals surface area contributed by atoms with E-state index in [9.17, 15) is 0 Å². The Kier molecular flexibility index (Phi) is 4.44. The van der Waals surface area contributed by atoms with E-state index in [0.29, 0.717) is 0 Å². The summed E-state index contributed by atoms with van der Waals surface area (Å²) in [6.45, 7) is 4.20. The van der Waals surface area contributed by atoms with Crippen molar-refractivity contribution in [2.45, 2.75) is 26.7 Å². The van der Waals surface area contributed by atoms with Crippen LogP contribution in [0.4, 0.5) is 5.82 Å². The van der Waals surface area contributed by atoms with Crippen molar-refractivity contribution < 1.29 is 0 Å². The molecule has 22 heavy (non-hydrogen) atoms. The van der Waals surface area contributed by atoms with Crippen molar-refractivity contribution in [3.05, 3.63) is 52.7 Å². The Bertz CT molecular complexity index is 793. The smallest absolute Gasteiger partial charge is 0.158 e. The van der Waals surface area contributed by atoms with Crippen molar-refractivity contribution in [1.82, 2.24) is 9.97 Å². The Morgan fingerprint density at radius 1 is 1.18 bits per heavy atom. The second-order valence-corrected chi connectivity index (χ2v) is 6.34. The van der Waals surface area contributed by atoms with E-state index in [-0.39, 0.29) is 0 Å². The molecule has 112 valence electrons. The van der Waals surface area contributed by atoms with Crippen LogP contribution in [0.25, 0.3) is 10.2 Å². The number of benzene rings is 1. The molecule has 0 unspecified atom stereocenters. The predicted octanol–water partition coefficient (Wildman–Crippen LogP) is 4.34. The molecular formula is C17H18N4S. The van der Waals surface area contributed by atoms with Crippen LogP contribution >= 0.6 is 11.3 Å². The number of nitrogens with zero attached hydrogens (tertiary/aromatic N) is 3. The maximum atomic E-state index is 4.32. The average molecular weight is 310 g/mol. The molecule has 5 heteroatoms. The molecule has 2 aromatic heterocycles. The number of rotatable bonds is 5. The van der Waals surface area contributed by atoms with Crippen LogP contribution in [0.5, 0.6) is 0 Å². The third-order valence-electron chi connectivity index (χ3n) is 3.63. The van der Waals surface area contributed by atoms with Gasteiger partial charge in [-0.25, -0.2) is 9.97 Å². The number of hydrazone groups is 1. The molecule has 3 rings (SSSR count). The topological polar surface area (TPSA) is 50.2 Å². The molecule has 0 atom stereocenters. The Labute approximate surface area is 133 Å². The van der Waals surface area contributed by atoms with Crippen LogP contribution < -0.4 is 5.43 Å². The van der Waals surface area contributed by atoms with E-state index >= 15 is 0 Å². The second-order valence-electron chi connectivity index (χ2n) is 5.13. The van der Waals surface area contributed by atoms with E-state index in [4.69, 9.17) is 0 Å². The lowest BCUT2D eigenvalue weighted by atomic mass is 10.1. The van der Waals surface area contributed by atoms with Gasteiger partial charge in [-0.05, 0) is 37.8 Å². The third kappa shape index (κ3) is 3.14. The number of nitrogens with one attached hydrogen (secondary N) is 1. The summed E-state index contributed by atoms with van der Waals surface area (Å²) in [5.41, 5.74) is 5.60. The lowest BCUT2D eigenvalue weighted by molar-refractivity contribution is 1.05. The first-order valence-electron chi connectivity index (χ1n) is 7.28. The lowest BCUT2D eigenvalue weighted by Gasteiger charge is -2.02. The molecule has 1 N–H and O–H groups in total. The van der Waals surface area contributed by atoms with Crippen molar-refractivity contribution in [3.63, 3.8) is 0 Å². The standard InChI is InChI=1S/C17H18N4S/c1-12-13(2)22-17-15(12)16(18-11-19-17)21-20-10-6-9-14-7-4-3-5-8-14/h3-5,7-8,10-11H,6,9H2,1-2H3,(H,18,19,21)/b20-10-. The molecule has 0 amide bonds. The van der Waals surface area contributed by atoms with E-state index < -0.39 is 0 Å². The minimum absolute atomic E-state index is 0.780. The van der Waals surface area contributed by atoms with Crippen molar-refractivity contribution in [1.29, 1.82) is 0 Å². The first-order chi connectivity index (χ1) is 10.8. The second kappa shape index (κ2) is 6.66. The van der Waals surface area contributed by atoms with Crippen LogP contribution in [0, 0.1) is 13.8 Å². The highest BCUT2D eigenvalue weighted by Crippen LogP contribution is 2.32. The van der Waals surface area contributed by atoms with Gasteiger partial charge in [0.15, 0.2) is 5.82 Å². The number of anilines is 1. The first-order valence-corrected chi connectivity index (χ1v) is 8.09. The van der Waals surface area contributed by atoms with Gasteiger partial charge in [0.2, 0.25) is 0 Å². The molecule has 0 aliphatic heterocycles. The summed E-state index contributed by atoms with van der Waals surface area (Å²) in [6.07, 6.45) is 5.36. The van der Waals surface area contributed by atoms with E-state index in [2.05, 4.69) is 58.6 Å². The molecule has 0 fully saturated rings. The monoisotopic (exact) mass is 310 g/mol. The van der Waals surface area contributed by atoms with Gasteiger partial charge in [-0.2, -0.15) is 5.10 Å². The number of aromatic nitrogens is 2. The molecule has 0 saturated heterocycles. The van der Waals surface area contributed by atoms with Crippen LogP contribution in [0.1, 0.15) is 22.4 Å². The first kappa shape index (κ1) is 14.7. The van der Waals surface area contributed by atoms with Gasteiger partial charge in [-0.3, -0.25) is 5.43 Å². The van der Waals surface area contributed by atoms with Crippen molar-refractivity contribution in [2.24, 2.45) is 5.10 Å². The summed E-state index contributed by atoms with van der Waals surface area (Å²) in [7, 11) is 0. The van der Waals surface area contributed by atoms with Gasteiger partial charge < -0.3 is 0 Å². The Morgan fingerprint density at radius 3 is 2.82 bits per heavy atom. The Balaban J connectivity index is 1.65. The molecular weight excluding hydrogens is 292 g/mol. The molecule has 0 radical (unpaired) electrons. The van der Waals surface area contributed by atoms with E-state index in [0.717, 1.165) is 28.9 Å². The summed E-state index contributed by atoms with van der Waals surface area (Å²) in [4.78, 5) is 10.9. The zero-order chi connectivity index (χ0) is 15.4. The summed E-state index contributed by atoms with van der Waals surface area (Å²) < 4.78 is 0. The number of aryl methyl sites for hydroxylation is 3. The zero-order valence-corrected chi connectivity index (χ0v) is 13.5. The van der Waals surface area contributed by atoms with Gasteiger partial charge in [-0.15, -0.1) is 11.3 Å². The zero-order valence-electron chi connectivity index (χ0n) is 12.7. The molecule has 4 nitrogen and oxygen atoms in total. The fourth-order valence-electron chi connectivity index (χ4n) is 2.31. The molecule has 0 aliphatic rings. The molecule has 0 bridgehead atoms. The maximum absolute atomic E-state index is 4.32. The fourth-order valence-corrected chi connectivity index (χ4v) is 3.31. The maximum Gasteiger partial charge on any atom is 0.158 e. The molecule has 0 spiro atoms. The van der Waals surface area contributed by atoms with E-state index in [1.54, 1.807) is 17.7 Å². The van der Waals surface area contributed by atoms with Crippen LogP contribution in [-0.2, 0) is 6.42 Å². The number of hydrogen-bond acceptors (Lipinski definition) is 5. The van der Waals surface area contributed by atoms with Crippen molar-refractivity contribution >= 4 is 33.6 Å². The van der Waals surface area contributed by atoms with Gasteiger partial charge in [-0.1, -0.05) is 30.3 Å². The van der Waals surface area contributed by atoms with Gasteiger partial charge in [0.25, 0.3) is 0 Å². The molecule has 0 saturated carbocycles. The molecule has 1 aromatic carbocycles. The van der Waals surface area contributed by atoms with E-state index in [1.807, 2.05) is 12.3 Å². The number of thiophene rings is 1. The summed E-state index contributed by atoms with van der Waals surface area (Å²) in [5.74, 6) is 0.780. The fraction of sp³-hybridized carbons (Fsp3) is 0.235. The van der Waals surface area contributed by atoms with Crippen LogP contribution in [0.3, 0.4) is 0 Å². The highest BCUT2D eigenvalue weighted by molar-refractivity contribution is 7.18. The Hall–Kier alpha value is -2.27. The van der Waals surface area contributed by atoms with Gasteiger partial charge in [0, 0.05) is 11.1 Å². The molecule has 0 aliphatic carbocycles. The van der Waals surface area contributed by atoms with Gasteiger partial charge in [0.1, 0.15) is 11.2 Å². The third-order valence-corrected chi connectivity index (χ3v) is 4.75. The van der Waals surface area contributed by atoms with Crippen molar-refractivity contribution in [2.75, 3.05) is 5.43 Å². The quantitative estimate of drug-likeness (QED) is 0.563. The summed E-state index contributed by atoms with van der Waals surface area (Å²) in [6, 6.07) is 10.4. The minimum Gasteiger partial charge on any atom is -0.261 e. The van der Waals surface area contributed by atoms with Gasteiger partial charge >= 0.3 is 0 Å². The average Bonchev–Trinajstić information content (AvgIpc) is 2.83. The SMILES string of the molecule is Cc1sc2ncnc(N/N=C\CCc3ccccc3)c2c1C. The van der Waals surface area contributed by atoms with Crippen LogP contribution in [0.15, 0.2) is 41.8 Å². The lowest BCUT2D eigenvalue weighted by Crippen LogP contribution is -1.95. The molecule has 3 aromatic rings. The van der Waals surface area contributed by atoms with E-state index in [1.165, 1.54) is 16.0 Å². The summed E-state index contributed by atoms with van der Waals surface area (Å²) in [5, 5.41) is 5.37. The van der Waals surface area contributed by atoms with Crippen molar-refractivity contribution in [3.8, 4) is 0 Å². The van der Waals surface area contributed by atoms with Crippen LogP contribution in [-0.4, -0.2) is 16.2 Å². The predicted molar refractivity (Wildman–Crippen MR) is 93.8 cm³/mol. The Morgan fingerprint density at radius 2 is 2.00 bits per heavy atom. The minimum atomic E-state index is 0.780. The highest BCUT2D eigenvalue weighted by atomic mass is 32.1. The highest BCUT2D eigenvalue weighted by Gasteiger charge is 2.10. The summed E-state index contributed by atoms with van der Waals surface area (Å²) >= 11 is 1.69. The largest absolute Gasteiger partial charge is 0.261 e. The number of fused-ring (bicyclic) bond motifs is 1. The van der Waals surface area contributed by atoms with Crippen LogP contribution in [0.2, 0.25) is 0 Å². The normalized spacial score (nSPS) is 11.4. The number of hydrogen-bond donors (Lipinski definition) is 1. The molecule has 2 heterocycles. The van der Waals surface area contributed by atoms with Gasteiger partial charge in [0.05, 0.1) is 5.39 Å².